The first-order valence-electron chi connectivity index (χ1n) is 15.5. The summed E-state index contributed by atoms with van der Waals surface area (Å²) in [4.78, 5) is 0. The van der Waals surface area contributed by atoms with E-state index in [2.05, 4.69) is 107 Å². The van der Waals surface area contributed by atoms with Crippen LogP contribution in [-0.4, -0.2) is 52.9 Å². The Morgan fingerprint density at radius 1 is 1.05 bits per heavy atom. The van der Waals surface area contributed by atoms with Gasteiger partial charge in [0, 0.05) is 31.6 Å². The minimum absolute atomic E-state index is 0.00379. The summed E-state index contributed by atoms with van der Waals surface area (Å²) < 4.78 is 16.5. The van der Waals surface area contributed by atoms with Crippen LogP contribution in [0.1, 0.15) is 93.5 Å². The van der Waals surface area contributed by atoms with Gasteiger partial charge in [-0.25, -0.2) is 9.36 Å². The third-order valence-electron chi connectivity index (χ3n) is 8.72. The van der Waals surface area contributed by atoms with Gasteiger partial charge in [0.25, 0.3) is 0 Å². The molecular weight excluding hydrogens is 526 g/mol. The predicted octanol–water partition coefficient (Wildman–Crippen LogP) is 7.47. The normalized spacial score (nSPS) is 17.1. The van der Waals surface area contributed by atoms with Crippen LogP contribution in [0.3, 0.4) is 0 Å². The minimum Gasteiger partial charge on any atom is -0.473 e. The largest absolute Gasteiger partial charge is 0.473 e. The van der Waals surface area contributed by atoms with Crippen molar-refractivity contribution in [3.8, 4) is 28.5 Å². The standard InChI is InChI=1S/C33H51N5O2Si/c1-22(2)34-20-26(9)40-33-29(21-35-37(33)10)27-14-15-31-28(19-27)30(36-38(31)32-13-11-12-17-39-32)16-18-41(23(3)4,24(5)6)25(7)8/h14-15,19,21-26,32,34H,11-13,17,20H2,1-10H3. The van der Waals surface area contributed by atoms with Gasteiger partial charge in [0.05, 0.1) is 17.3 Å². The Labute approximate surface area is 248 Å². The van der Waals surface area contributed by atoms with Gasteiger partial charge in [0.1, 0.15) is 19.9 Å². The summed E-state index contributed by atoms with van der Waals surface area (Å²) in [6.07, 6.45) is 5.07. The SMILES string of the molecule is CC(C)NCC(C)Oc1c(-c2ccc3c(c2)c(C#C[Si](C(C)C)(C(C)C)C(C)C)nn3C2CCCCO2)cnn1C. The molecule has 41 heavy (non-hydrogen) atoms. The van der Waals surface area contributed by atoms with E-state index in [-0.39, 0.29) is 12.3 Å². The number of aryl methyl sites for hydroxylation is 1. The van der Waals surface area contributed by atoms with Crippen molar-refractivity contribution in [3.05, 3.63) is 30.1 Å². The first-order chi connectivity index (χ1) is 19.5. The van der Waals surface area contributed by atoms with Crippen LogP contribution in [0.25, 0.3) is 22.0 Å². The Morgan fingerprint density at radius 2 is 1.76 bits per heavy atom. The molecule has 1 aliphatic heterocycles. The molecule has 3 aromatic rings. The molecule has 2 atom stereocenters. The van der Waals surface area contributed by atoms with Gasteiger partial charge in [0.15, 0.2) is 6.23 Å². The number of benzene rings is 1. The quantitative estimate of drug-likeness (QED) is 0.200. The summed E-state index contributed by atoms with van der Waals surface area (Å²) in [5.41, 5.74) is 9.52. The highest BCUT2D eigenvalue weighted by Gasteiger charge is 2.41. The zero-order valence-electron chi connectivity index (χ0n) is 26.9. The third-order valence-corrected chi connectivity index (χ3v) is 15.0. The molecule has 0 bridgehead atoms. The fraction of sp³-hybridized carbons (Fsp3) is 0.636. The van der Waals surface area contributed by atoms with E-state index in [9.17, 15) is 0 Å². The van der Waals surface area contributed by atoms with Crippen LogP contribution in [-0.2, 0) is 11.8 Å². The van der Waals surface area contributed by atoms with E-state index in [1.807, 2.05) is 17.9 Å². The number of rotatable bonds is 10. The molecule has 2 aromatic heterocycles. The lowest BCUT2D eigenvalue weighted by atomic mass is 10.1. The molecule has 4 rings (SSSR count). The molecule has 224 valence electrons. The maximum absolute atomic E-state index is 6.41. The second kappa shape index (κ2) is 13.1. The molecule has 0 aliphatic carbocycles. The maximum Gasteiger partial charge on any atom is 0.219 e. The number of hydrogen-bond acceptors (Lipinski definition) is 5. The van der Waals surface area contributed by atoms with Crippen LogP contribution in [0, 0.1) is 11.5 Å². The third kappa shape index (κ3) is 6.58. The first kappa shape index (κ1) is 31.3. The summed E-state index contributed by atoms with van der Waals surface area (Å²) in [6, 6.07) is 6.94. The van der Waals surface area contributed by atoms with Crippen molar-refractivity contribution in [1.82, 2.24) is 24.9 Å². The molecule has 0 radical (unpaired) electrons. The van der Waals surface area contributed by atoms with Gasteiger partial charge < -0.3 is 14.8 Å². The Hall–Kier alpha value is -2.60. The van der Waals surface area contributed by atoms with Gasteiger partial charge in [0.2, 0.25) is 5.88 Å². The van der Waals surface area contributed by atoms with Gasteiger partial charge >= 0.3 is 0 Å². The van der Waals surface area contributed by atoms with E-state index in [1.54, 1.807) is 0 Å². The number of aromatic nitrogens is 4. The average molecular weight is 578 g/mol. The molecule has 2 unspecified atom stereocenters. The smallest absolute Gasteiger partial charge is 0.219 e. The molecule has 0 spiro atoms. The zero-order valence-corrected chi connectivity index (χ0v) is 27.9. The molecule has 7 nitrogen and oxygen atoms in total. The molecule has 3 heterocycles. The number of nitrogens with one attached hydrogen (secondary N) is 1. The molecule has 1 aliphatic rings. The summed E-state index contributed by atoms with van der Waals surface area (Å²) in [7, 11) is 0.00724. The number of hydrogen-bond donors (Lipinski definition) is 1. The van der Waals surface area contributed by atoms with E-state index in [1.165, 1.54) is 0 Å². The van der Waals surface area contributed by atoms with Crippen LogP contribution in [0.2, 0.25) is 16.6 Å². The summed E-state index contributed by atoms with van der Waals surface area (Å²) in [6.45, 7) is 22.0. The molecule has 1 aromatic carbocycles. The van der Waals surface area contributed by atoms with Gasteiger partial charge in [-0.2, -0.15) is 10.2 Å². The average Bonchev–Trinajstić information content (AvgIpc) is 3.47. The summed E-state index contributed by atoms with van der Waals surface area (Å²) in [5, 5.41) is 14.2. The van der Waals surface area contributed by atoms with Gasteiger partial charge in [-0.15, -0.1) is 5.54 Å². The van der Waals surface area contributed by atoms with Gasteiger partial charge in [-0.05, 0) is 60.5 Å². The minimum atomic E-state index is -1.93. The van der Waals surface area contributed by atoms with Crippen molar-refractivity contribution in [1.29, 1.82) is 0 Å². The Balaban J connectivity index is 1.82. The van der Waals surface area contributed by atoms with E-state index in [4.69, 9.17) is 14.6 Å². The van der Waals surface area contributed by atoms with Crippen LogP contribution in [0.5, 0.6) is 5.88 Å². The summed E-state index contributed by atoms with van der Waals surface area (Å²) in [5.74, 6) is 4.42. The highest BCUT2D eigenvalue weighted by Crippen LogP contribution is 2.41. The number of ether oxygens (including phenoxy) is 2. The Morgan fingerprint density at radius 3 is 2.37 bits per heavy atom. The Bertz CT molecular complexity index is 1350. The van der Waals surface area contributed by atoms with Gasteiger partial charge in [-0.3, -0.25) is 0 Å². The molecule has 1 fully saturated rings. The summed E-state index contributed by atoms with van der Waals surface area (Å²) >= 11 is 0. The Kier molecular flexibility index (Phi) is 10.0. The van der Waals surface area contributed by atoms with Gasteiger partial charge in [-0.1, -0.05) is 67.4 Å². The number of fused-ring (bicyclic) bond motifs is 1. The molecule has 8 heteroatoms. The second-order valence-corrected chi connectivity index (χ2v) is 18.6. The molecule has 0 saturated carbocycles. The lowest BCUT2D eigenvalue weighted by molar-refractivity contribution is -0.0367. The van der Waals surface area contributed by atoms with Crippen LogP contribution >= 0.6 is 0 Å². The van der Waals surface area contributed by atoms with E-state index in [0.29, 0.717) is 22.7 Å². The highest BCUT2D eigenvalue weighted by molar-refractivity contribution is 6.90. The number of nitrogens with zero attached hydrogens (tertiary/aromatic N) is 4. The lowest BCUT2D eigenvalue weighted by Crippen LogP contribution is -2.43. The van der Waals surface area contributed by atoms with Crippen molar-refractivity contribution in [2.24, 2.45) is 7.05 Å². The topological polar surface area (TPSA) is 66.1 Å². The molecule has 0 amide bonds. The zero-order chi connectivity index (χ0) is 29.9. The highest BCUT2D eigenvalue weighted by atomic mass is 28.3. The second-order valence-electron chi connectivity index (χ2n) is 13.0. The molecular formula is C33H51N5O2Si. The van der Waals surface area contributed by atoms with Crippen LogP contribution in [0.15, 0.2) is 24.4 Å². The first-order valence-corrected chi connectivity index (χ1v) is 17.8. The molecule has 1 N–H and O–H groups in total. The van der Waals surface area contributed by atoms with Crippen molar-refractivity contribution < 1.29 is 9.47 Å². The van der Waals surface area contributed by atoms with E-state index >= 15 is 0 Å². The monoisotopic (exact) mass is 577 g/mol. The fourth-order valence-electron chi connectivity index (χ4n) is 6.54. The lowest BCUT2D eigenvalue weighted by Gasteiger charge is -2.38. The predicted molar refractivity (Wildman–Crippen MR) is 172 cm³/mol. The fourth-order valence-corrected chi connectivity index (χ4v) is 11.7. The maximum atomic E-state index is 6.41. The van der Waals surface area contributed by atoms with Crippen LogP contribution in [0.4, 0.5) is 0 Å². The van der Waals surface area contributed by atoms with E-state index < -0.39 is 8.07 Å². The van der Waals surface area contributed by atoms with Crippen molar-refractivity contribution in [2.45, 2.75) is 117 Å². The molecule has 1 saturated heterocycles. The van der Waals surface area contributed by atoms with E-state index in [0.717, 1.165) is 66.0 Å². The van der Waals surface area contributed by atoms with Crippen molar-refractivity contribution in [3.63, 3.8) is 0 Å². The van der Waals surface area contributed by atoms with Crippen molar-refractivity contribution >= 4 is 19.0 Å². The van der Waals surface area contributed by atoms with Crippen LogP contribution < -0.4 is 10.1 Å². The van der Waals surface area contributed by atoms with Crippen molar-refractivity contribution in [2.75, 3.05) is 13.2 Å².